The number of H-pyrrole nitrogens is 1. The summed E-state index contributed by atoms with van der Waals surface area (Å²) in [5.74, 6) is -0.272. The minimum atomic E-state index is -1.09. The molecule has 3 N–H and O–H groups in total. The van der Waals surface area contributed by atoms with E-state index in [-0.39, 0.29) is 18.1 Å². The van der Waals surface area contributed by atoms with E-state index >= 15 is 0 Å². The number of rotatable bonds is 5. The number of carbonyl (C=O) groups is 2. The van der Waals surface area contributed by atoms with Crippen LogP contribution in [0.3, 0.4) is 0 Å². The fraction of sp³-hybridized carbons (Fsp3) is 0.357. The van der Waals surface area contributed by atoms with E-state index < -0.39 is 5.97 Å². The summed E-state index contributed by atoms with van der Waals surface area (Å²) in [7, 11) is 0. The Morgan fingerprint density at radius 3 is 2.67 bits per heavy atom. The van der Waals surface area contributed by atoms with Crippen molar-refractivity contribution in [1.82, 2.24) is 15.3 Å². The second-order valence-electron chi connectivity index (χ2n) is 4.69. The lowest BCUT2D eigenvalue weighted by atomic mass is 10.1. The molecule has 0 aromatic carbocycles. The molecular formula is C14H17N3O4. The van der Waals surface area contributed by atoms with Gasteiger partial charge in [-0.05, 0) is 19.4 Å². The van der Waals surface area contributed by atoms with Gasteiger partial charge in [-0.1, -0.05) is 6.92 Å². The molecule has 0 saturated carbocycles. The second-order valence-corrected chi connectivity index (χ2v) is 4.69. The summed E-state index contributed by atoms with van der Waals surface area (Å²) in [6, 6.07) is 0. The first-order valence-corrected chi connectivity index (χ1v) is 6.58. The second kappa shape index (κ2) is 5.82. The molecule has 0 spiro atoms. The molecule has 0 bridgehead atoms. The van der Waals surface area contributed by atoms with Gasteiger partial charge in [-0.3, -0.25) is 4.79 Å². The quantitative estimate of drug-likeness (QED) is 0.778. The van der Waals surface area contributed by atoms with E-state index in [9.17, 15) is 9.59 Å². The van der Waals surface area contributed by atoms with Crippen molar-refractivity contribution in [3.8, 4) is 0 Å². The van der Waals surface area contributed by atoms with Gasteiger partial charge in [0.2, 0.25) is 5.89 Å². The predicted octanol–water partition coefficient (Wildman–Crippen LogP) is 1.81. The maximum atomic E-state index is 12.2. The van der Waals surface area contributed by atoms with Crippen LogP contribution in [0.1, 0.15) is 50.7 Å². The minimum Gasteiger partial charge on any atom is -0.477 e. The number of carbonyl (C=O) groups excluding carboxylic acids is 1. The number of oxazole rings is 1. The molecule has 0 unspecified atom stereocenters. The van der Waals surface area contributed by atoms with Crippen LogP contribution in [0.15, 0.2) is 10.6 Å². The number of nitrogens with one attached hydrogen (secondary N) is 2. The van der Waals surface area contributed by atoms with E-state index in [1.165, 1.54) is 0 Å². The zero-order valence-electron chi connectivity index (χ0n) is 12.1. The maximum Gasteiger partial charge on any atom is 0.352 e. The van der Waals surface area contributed by atoms with Crippen molar-refractivity contribution >= 4 is 11.9 Å². The average molecular weight is 291 g/mol. The molecule has 0 aliphatic rings. The van der Waals surface area contributed by atoms with Gasteiger partial charge in [0, 0.05) is 12.1 Å². The van der Waals surface area contributed by atoms with Crippen LogP contribution in [-0.2, 0) is 13.0 Å². The third kappa shape index (κ3) is 2.96. The summed E-state index contributed by atoms with van der Waals surface area (Å²) >= 11 is 0. The molecule has 0 atom stereocenters. The third-order valence-electron chi connectivity index (χ3n) is 3.23. The fourth-order valence-corrected chi connectivity index (χ4v) is 2.14. The van der Waals surface area contributed by atoms with Gasteiger partial charge in [0.25, 0.3) is 5.91 Å². The lowest BCUT2D eigenvalue weighted by Gasteiger charge is -2.03. The standard InChI is InChI=1S/C14H17N3O4/c1-4-9-5-15-10(21-9)6-16-13(18)11-7(2)12(14(19)20)17-8(11)3/h5,17H,4,6H2,1-3H3,(H,16,18)(H,19,20). The monoisotopic (exact) mass is 291 g/mol. The lowest BCUT2D eigenvalue weighted by Crippen LogP contribution is -2.24. The Kier molecular flexibility index (Phi) is 4.11. The highest BCUT2D eigenvalue weighted by molar-refractivity contribution is 6.00. The summed E-state index contributed by atoms with van der Waals surface area (Å²) in [6.07, 6.45) is 2.36. The highest BCUT2D eigenvalue weighted by Crippen LogP contribution is 2.18. The Hall–Kier alpha value is -2.57. The Labute approximate surface area is 121 Å². The zero-order valence-corrected chi connectivity index (χ0v) is 12.1. The van der Waals surface area contributed by atoms with Crippen molar-refractivity contribution in [2.24, 2.45) is 0 Å². The van der Waals surface area contributed by atoms with Gasteiger partial charge in [0.15, 0.2) is 0 Å². The van der Waals surface area contributed by atoms with E-state index in [4.69, 9.17) is 9.52 Å². The van der Waals surface area contributed by atoms with E-state index in [0.29, 0.717) is 22.7 Å². The molecule has 0 saturated heterocycles. The van der Waals surface area contributed by atoms with Crippen LogP contribution in [0.2, 0.25) is 0 Å². The average Bonchev–Trinajstić information content (AvgIpc) is 3.01. The van der Waals surface area contributed by atoms with Crippen LogP contribution in [-0.4, -0.2) is 27.0 Å². The number of aromatic nitrogens is 2. The molecular weight excluding hydrogens is 274 g/mol. The van der Waals surface area contributed by atoms with Crippen molar-refractivity contribution in [2.45, 2.75) is 33.7 Å². The first kappa shape index (κ1) is 14.8. The lowest BCUT2D eigenvalue weighted by molar-refractivity contribution is 0.0690. The largest absolute Gasteiger partial charge is 0.477 e. The molecule has 0 radical (unpaired) electrons. The smallest absolute Gasteiger partial charge is 0.352 e. The van der Waals surface area contributed by atoms with Crippen LogP contribution in [0, 0.1) is 13.8 Å². The minimum absolute atomic E-state index is 0.0297. The number of aromatic carboxylic acids is 1. The molecule has 0 aliphatic carbocycles. The van der Waals surface area contributed by atoms with Crippen molar-refractivity contribution in [2.75, 3.05) is 0 Å². The first-order valence-electron chi connectivity index (χ1n) is 6.58. The van der Waals surface area contributed by atoms with Gasteiger partial charge < -0.3 is 19.8 Å². The number of aryl methyl sites for hydroxylation is 2. The number of amides is 1. The molecule has 0 aliphatic heterocycles. The molecule has 0 fully saturated rings. The van der Waals surface area contributed by atoms with Crippen molar-refractivity contribution < 1.29 is 19.1 Å². The van der Waals surface area contributed by atoms with Gasteiger partial charge in [0.1, 0.15) is 11.5 Å². The Bertz CT molecular complexity index is 684. The summed E-state index contributed by atoms with van der Waals surface area (Å²) in [5, 5.41) is 11.7. The zero-order chi connectivity index (χ0) is 15.6. The van der Waals surface area contributed by atoms with Crippen molar-refractivity contribution in [1.29, 1.82) is 0 Å². The Morgan fingerprint density at radius 1 is 1.43 bits per heavy atom. The van der Waals surface area contributed by atoms with E-state index in [1.54, 1.807) is 20.0 Å². The summed E-state index contributed by atoms with van der Waals surface area (Å²) < 4.78 is 5.40. The number of hydrogen-bond acceptors (Lipinski definition) is 4. The summed E-state index contributed by atoms with van der Waals surface area (Å²) in [5.41, 5.74) is 1.31. The van der Waals surface area contributed by atoms with Gasteiger partial charge >= 0.3 is 5.97 Å². The van der Waals surface area contributed by atoms with Crippen molar-refractivity contribution in [3.63, 3.8) is 0 Å². The maximum absolute atomic E-state index is 12.2. The number of aromatic amines is 1. The number of hydrogen-bond donors (Lipinski definition) is 3. The van der Waals surface area contributed by atoms with Crippen LogP contribution < -0.4 is 5.32 Å². The summed E-state index contributed by atoms with van der Waals surface area (Å²) in [6.45, 7) is 5.37. The molecule has 2 aromatic heterocycles. The van der Waals surface area contributed by atoms with Crippen LogP contribution in [0.5, 0.6) is 0 Å². The van der Waals surface area contributed by atoms with Gasteiger partial charge in [-0.25, -0.2) is 9.78 Å². The Balaban J connectivity index is 2.12. The molecule has 2 rings (SSSR count). The molecule has 7 nitrogen and oxygen atoms in total. The van der Waals surface area contributed by atoms with Crippen LogP contribution in [0.4, 0.5) is 0 Å². The predicted molar refractivity (Wildman–Crippen MR) is 74.3 cm³/mol. The normalized spacial score (nSPS) is 10.6. The van der Waals surface area contributed by atoms with Crippen LogP contribution in [0.25, 0.3) is 0 Å². The van der Waals surface area contributed by atoms with Crippen LogP contribution >= 0.6 is 0 Å². The molecule has 112 valence electrons. The fourth-order valence-electron chi connectivity index (χ4n) is 2.14. The number of carboxylic acids is 1. The number of nitrogens with zero attached hydrogens (tertiary/aromatic N) is 1. The molecule has 2 aromatic rings. The SMILES string of the molecule is CCc1cnc(CNC(=O)c2c(C)[nH]c(C(=O)O)c2C)o1. The topological polar surface area (TPSA) is 108 Å². The molecule has 1 amide bonds. The third-order valence-corrected chi connectivity index (χ3v) is 3.23. The molecule has 21 heavy (non-hydrogen) atoms. The molecule has 2 heterocycles. The number of carboxylic acid groups (broad SMARTS) is 1. The Morgan fingerprint density at radius 2 is 2.14 bits per heavy atom. The van der Waals surface area contributed by atoms with Gasteiger partial charge in [0.05, 0.1) is 18.3 Å². The molecule has 7 heteroatoms. The van der Waals surface area contributed by atoms with Crippen molar-refractivity contribution in [3.05, 3.63) is 40.4 Å². The van der Waals surface area contributed by atoms with E-state index in [0.717, 1.165) is 12.2 Å². The highest BCUT2D eigenvalue weighted by Gasteiger charge is 2.21. The highest BCUT2D eigenvalue weighted by atomic mass is 16.4. The van der Waals surface area contributed by atoms with E-state index in [2.05, 4.69) is 15.3 Å². The van der Waals surface area contributed by atoms with E-state index in [1.807, 2.05) is 6.92 Å². The van der Waals surface area contributed by atoms with Gasteiger partial charge in [-0.2, -0.15) is 0 Å². The summed E-state index contributed by atoms with van der Waals surface area (Å²) in [4.78, 5) is 30.0. The van der Waals surface area contributed by atoms with Gasteiger partial charge in [-0.15, -0.1) is 0 Å². The first-order chi connectivity index (χ1) is 9.93.